The van der Waals surface area contributed by atoms with Crippen molar-refractivity contribution < 1.29 is 14.8 Å². The molecule has 0 bridgehead atoms. The smallest absolute Gasteiger partial charge is 0.311 e. The van der Waals surface area contributed by atoms with E-state index in [1.165, 1.54) is 17.0 Å². The molecule has 6 nitrogen and oxygen atoms in total. The van der Waals surface area contributed by atoms with E-state index < -0.39 is 22.3 Å². The maximum Gasteiger partial charge on any atom is 0.311 e. The predicted octanol–water partition coefficient (Wildman–Crippen LogP) is 1.79. The van der Waals surface area contributed by atoms with Gasteiger partial charge in [0.15, 0.2) is 0 Å². The number of nitrogens with zero attached hydrogens (tertiary/aromatic N) is 2. The molecule has 1 aliphatic carbocycles. The number of phenolic OH excluding ortho intramolecular Hbond substituents is 1. The van der Waals surface area contributed by atoms with Gasteiger partial charge in [0.25, 0.3) is 5.91 Å². The van der Waals surface area contributed by atoms with Crippen molar-refractivity contribution in [3.05, 3.63) is 33.9 Å². The predicted molar refractivity (Wildman–Crippen MR) is 72.2 cm³/mol. The summed E-state index contributed by atoms with van der Waals surface area (Å²) in [5.41, 5.74) is -0.571. The van der Waals surface area contributed by atoms with E-state index >= 15 is 0 Å². The number of carbonyl (C=O) groups is 1. The summed E-state index contributed by atoms with van der Waals surface area (Å²) in [5, 5.41) is 20.6. The SMILES string of the molecule is C#CCN(CC1CC1)C(=O)c1cccc([N+](=O)[O-])c1O. The first-order chi connectivity index (χ1) is 9.54. The van der Waals surface area contributed by atoms with Gasteiger partial charge in [-0.15, -0.1) is 6.42 Å². The number of carbonyl (C=O) groups excluding carboxylic acids is 1. The van der Waals surface area contributed by atoms with E-state index in [1.54, 1.807) is 0 Å². The van der Waals surface area contributed by atoms with Gasteiger partial charge in [-0.3, -0.25) is 14.9 Å². The summed E-state index contributed by atoms with van der Waals surface area (Å²) < 4.78 is 0. The van der Waals surface area contributed by atoms with Crippen LogP contribution in [0.1, 0.15) is 23.2 Å². The molecule has 0 saturated heterocycles. The number of benzene rings is 1. The summed E-state index contributed by atoms with van der Waals surface area (Å²) >= 11 is 0. The van der Waals surface area contributed by atoms with Gasteiger partial charge in [-0.1, -0.05) is 12.0 Å². The highest BCUT2D eigenvalue weighted by atomic mass is 16.6. The summed E-state index contributed by atoms with van der Waals surface area (Å²) in [5.74, 6) is 1.75. The number of nitro benzene ring substituents is 1. The zero-order valence-electron chi connectivity index (χ0n) is 10.8. The Kier molecular flexibility index (Phi) is 3.89. The fourth-order valence-corrected chi connectivity index (χ4v) is 1.96. The third kappa shape index (κ3) is 2.88. The van der Waals surface area contributed by atoms with E-state index in [4.69, 9.17) is 6.42 Å². The van der Waals surface area contributed by atoms with Crippen LogP contribution in [0, 0.1) is 28.4 Å². The number of rotatable bonds is 5. The molecule has 0 atom stereocenters. The highest BCUT2D eigenvalue weighted by molar-refractivity contribution is 5.98. The third-order valence-electron chi connectivity index (χ3n) is 3.19. The minimum absolute atomic E-state index is 0.0879. The van der Waals surface area contributed by atoms with Crippen LogP contribution in [-0.2, 0) is 0 Å². The molecule has 0 aromatic heterocycles. The molecule has 1 fully saturated rings. The van der Waals surface area contributed by atoms with E-state index in [2.05, 4.69) is 5.92 Å². The van der Waals surface area contributed by atoms with E-state index in [0.29, 0.717) is 12.5 Å². The van der Waals surface area contributed by atoms with Gasteiger partial charge in [0.05, 0.1) is 17.0 Å². The molecule has 2 rings (SSSR count). The number of hydrogen-bond acceptors (Lipinski definition) is 4. The largest absolute Gasteiger partial charge is 0.502 e. The van der Waals surface area contributed by atoms with Crippen LogP contribution in [0.2, 0.25) is 0 Å². The van der Waals surface area contributed by atoms with Crippen molar-refractivity contribution in [2.45, 2.75) is 12.8 Å². The third-order valence-corrected chi connectivity index (χ3v) is 3.19. The van der Waals surface area contributed by atoms with Crippen LogP contribution in [-0.4, -0.2) is 33.9 Å². The highest BCUT2D eigenvalue weighted by Crippen LogP contribution is 2.33. The number of terminal acetylenes is 1. The minimum Gasteiger partial charge on any atom is -0.502 e. The zero-order chi connectivity index (χ0) is 14.7. The quantitative estimate of drug-likeness (QED) is 0.504. The van der Waals surface area contributed by atoms with Gasteiger partial charge in [-0.25, -0.2) is 0 Å². The summed E-state index contributed by atoms with van der Waals surface area (Å²) in [4.78, 5) is 23.8. The van der Waals surface area contributed by atoms with Gasteiger partial charge in [-0.2, -0.15) is 0 Å². The molecule has 104 valence electrons. The molecule has 0 heterocycles. The molecular weight excluding hydrogens is 260 g/mol. The summed E-state index contributed by atoms with van der Waals surface area (Å²) in [6.45, 7) is 0.641. The second-order valence-electron chi connectivity index (χ2n) is 4.76. The lowest BCUT2D eigenvalue weighted by Gasteiger charge is -2.20. The molecule has 1 aromatic carbocycles. The molecule has 1 N–H and O–H groups in total. The Morgan fingerprint density at radius 3 is 2.80 bits per heavy atom. The van der Waals surface area contributed by atoms with E-state index in [1.807, 2.05) is 0 Å². The fourth-order valence-electron chi connectivity index (χ4n) is 1.96. The van der Waals surface area contributed by atoms with Crippen molar-refractivity contribution >= 4 is 11.6 Å². The zero-order valence-corrected chi connectivity index (χ0v) is 10.8. The van der Waals surface area contributed by atoms with Gasteiger partial charge < -0.3 is 10.0 Å². The highest BCUT2D eigenvalue weighted by Gasteiger charge is 2.29. The van der Waals surface area contributed by atoms with Gasteiger partial charge in [0, 0.05) is 12.6 Å². The lowest BCUT2D eigenvalue weighted by Crippen LogP contribution is -2.33. The molecule has 0 unspecified atom stereocenters. The Morgan fingerprint density at radius 2 is 2.25 bits per heavy atom. The van der Waals surface area contributed by atoms with Gasteiger partial charge in [0.1, 0.15) is 0 Å². The maximum absolute atomic E-state index is 12.3. The second-order valence-corrected chi connectivity index (χ2v) is 4.76. The van der Waals surface area contributed by atoms with Crippen LogP contribution in [0.5, 0.6) is 5.75 Å². The number of aromatic hydroxyl groups is 1. The molecule has 0 aliphatic heterocycles. The average Bonchev–Trinajstić information content (AvgIpc) is 3.21. The minimum atomic E-state index is -0.724. The van der Waals surface area contributed by atoms with Crippen LogP contribution in [0.3, 0.4) is 0 Å². The van der Waals surface area contributed by atoms with Crippen molar-refractivity contribution in [3.63, 3.8) is 0 Å². The molecular formula is C14H14N2O4. The van der Waals surface area contributed by atoms with Crippen molar-refractivity contribution in [3.8, 4) is 18.1 Å². The average molecular weight is 274 g/mol. The molecule has 1 amide bonds. The lowest BCUT2D eigenvalue weighted by atomic mass is 10.1. The first-order valence-corrected chi connectivity index (χ1v) is 6.23. The first kappa shape index (κ1) is 13.9. The fraction of sp³-hybridized carbons (Fsp3) is 0.357. The molecule has 0 spiro atoms. The number of amides is 1. The van der Waals surface area contributed by atoms with Gasteiger partial charge >= 0.3 is 5.69 Å². The number of nitro groups is 1. The second kappa shape index (κ2) is 5.61. The molecule has 1 saturated carbocycles. The Hall–Kier alpha value is -2.55. The molecule has 0 radical (unpaired) electrons. The number of para-hydroxylation sites is 1. The standard InChI is InChI=1S/C14H14N2O4/c1-2-8-15(9-10-6-7-10)14(18)11-4-3-5-12(13(11)17)16(19)20/h1,3-5,10,17H,6-9H2. The molecule has 20 heavy (non-hydrogen) atoms. The maximum atomic E-state index is 12.3. The molecule has 1 aliphatic rings. The van der Waals surface area contributed by atoms with Crippen LogP contribution >= 0.6 is 0 Å². The molecule has 1 aromatic rings. The summed E-state index contributed by atoms with van der Waals surface area (Å²) in [7, 11) is 0. The van der Waals surface area contributed by atoms with Crippen molar-refractivity contribution in [1.29, 1.82) is 0 Å². The van der Waals surface area contributed by atoms with Crippen molar-refractivity contribution in [2.24, 2.45) is 5.92 Å². The van der Waals surface area contributed by atoms with Crippen molar-refractivity contribution in [2.75, 3.05) is 13.1 Å². The Balaban J connectivity index is 2.28. The van der Waals surface area contributed by atoms with E-state index in [0.717, 1.165) is 18.9 Å². The molecule has 6 heteroatoms. The topological polar surface area (TPSA) is 83.7 Å². The van der Waals surface area contributed by atoms with Crippen LogP contribution < -0.4 is 0 Å². The van der Waals surface area contributed by atoms with Crippen LogP contribution in [0.4, 0.5) is 5.69 Å². The number of phenols is 1. The van der Waals surface area contributed by atoms with E-state index in [-0.39, 0.29) is 12.1 Å². The monoisotopic (exact) mass is 274 g/mol. The van der Waals surface area contributed by atoms with Crippen molar-refractivity contribution in [1.82, 2.24) is 4.90 Å². The van der Waals surface area contributed by atoms with Crippen LogP contribution in [0.15, 0.2) is 18.2 Å². The Labute approximate surface area is 116 Å². The van der Waals surface area contributed by atoms with Gasteiger partial charge in [0.2, 0.25) is 5.75 Å². The normalized spacial score (nSPS) is 13.6. The first-order valence-electron chi connectivity index (χ1n) is 6.23. The van der Waals surface area contributed by atoms with Gasteiger partial charge in [-0.05, 0) is 24.8 Å². The van der Waals surface area contributed by atoms with Crippen LogP contribution in [0.25, 0.3) is 0 Å². The van der Waals surface area contributed by atoms with E-state index in [9.17, 15) is 20.0 Å². The summed E-state index contributed by atoms with van der Waals surface area (Å²) in [6, 6.07) is 3.88. The lowest BCUT2D eigenvalue weighted by molar-refractivity contribution is -0.385. The Bertz CT molecular complexity index is 587. The Morgan fingerprint density at radius 1 is 1.55 bits per heavy atom. The number of hydrogen-bond donors (Lipinski definition) is 1. The summed E-state index contributed by atoms with van der Waals surface area (Å²) in [6.07, 6.45) is 7.34.